The van der Waals surface area contributed by atoms with Gasteiger partial charge in [0.2, 0.25) is 0 Å². The van der Waals surface area contributed by atoms with E-state index in [4.69, 9.17) is 76.7 Å². The van der Waals surface area contributed by atoms with Gasteiger partial charge in [-0.15, -0.1) is 0 Å². The standard InChI is InChI=1S/C17H26O5.3C16H26O4.CH2O3.CH4O.2K.H/c1-11(2)5-6-13-16(3,22-13)15-14(19-4)12(20-10-18)7-8-17(15)9-21-17;3*1-10(2)5-6-12-15(3,20-12)14-13(18-4)11(17)7-8-16(14)9-19-16;2-1-4-3;1-2;;;/h5,10,12-15H,6-9H2,1-4H3;3*5,11-14,17H,6-9H2,1-4H3;1,3H;2H,1H3;;;/q;;;;;;2*+1;-1/p-1/t12-,13-,14-,15-,16+,17+;2*11-,12+,13+,14+,15-,16-;11-,12-,13-,14-,15+,16+;;;;;/m1001...../s1. The first-order valence-corrected chi connectivity index (χ1v) is 31.9. The molecule has 23 heteroatoms. The van der Waals surface area contributed by atoms with Crippen molar-refractivity contribution >= 4 is 12.9 Å². The maximum Gasteiger partial charge on any atom is 1.00 e. The number of allylic oxidation sites excluding steroid dienone is 4. The molecule has 12 aliphatic rings. The number of rotatable bonds is 19. The van der Waals surface area contributed by atoms with Crippen molar-refractivity contribution in [1.29, 1.82) is 0 Å². The molecule has 8 aliphatic heterocycles. The Morgan fingerprint density at radius 2 is 0.667 bits per heavy atom. The molecule has 0 amide bonds. The fourth-order valence-corrected chi connectivity index (χ4v) is 16.0. The van der Waals surface area contributed by atoms with E-state index in [1.165, 1.54) is 22.3 Å². The molecule has 0 bridgehead atoms. The molecule has 12 rings (SSSR count). The monoisotopic (exact) mass is 1330 g/mol. The average Bonchev–Trinajstić information content (AvgIpc) is 1.59. The number of hydrogen-bond donors (Lipinski definition) is 4. The summed E-state index contributed by atoms with van der Waals surface area (Å²) in [7, 11) is 7.72. The minimum atomic E-state index is -0.412. The van der Waals surface area contributed by atoms with Crippen LogP contribution in [0, 0.1) is 23.7 Å². The Hall–Kier alpha value is 0.493. The van der Waals surface area contributed by atoms with Gasteiger partial charge in [0.25, 0.3) is 12.9 Å². The predicted molar refractivity (Wildman–Crippen MR) is 323 cm³/mol. The van der Waals surface area contributed by atoms with Crippen LogP contribution in [0.5, 0.6) is 0 Å². The molecule has 0 aromatic carbocycles. The SMILES string of the molecule is CO.CO[C@@H]1[C@@H](O)CC[C@]2(CO2)[C@H]1[C@@]1(C)O[C@@H]1CC=C(C)C.CO[C@@H]1[C@@H](O)CC[C@]2(CO2)[C@H]1[C@@]1(C)O[C@@H]1CC=C(C)C.CO[C@@H]1[C@H](O)CC[C@]2(CO2)[C@H]1[C@@]1(C)O[C@@H]1CC=C(C)C.CO[C@@H]1[C@H](OC=O)CC[C@]2(CO2)[C@H]1[C@@]1(C)O[C@@H]1CC=C(C)C.O=CO[O-].[H-].[K+].[K+]. The van der Waals surface area contributed by atoms with E-state index in [0.717, 1.165) is 111 Å². The van der Waals surface area contributed by atoms with Crippen molar-refractivity contribution in [2.45, 2.75) is 278 Å². The van der Waals surface area contributed by atoms with Gasteiger partial charge in [0.15, 0.2) is 0 Å². The summed E-state index contributed by atoms with van der Waals surface area (Å²) in [6.07, 6.45) is 17.9. The van der Waals surface area contributed by atoms with Gasteiger partial charge in [-0.05, 0) is 160 Å². The molecule has 4 saturated carbocycles. The molecule has 24 atom stereocenters. The van der Waals surface area contributed by atoms with Crippen LogP contribution in [0.2, 0.25) is 0 Å². The molecular formula is C67H110K2O21. The summed E-state index contributed by atoms with van der Waals surface area (Å²) in [6, 6.07) is 0. The van der Waals surface area contributed by atoms with Crippen LogP contribution >= 0.6 is 0 Å². The first kappa shape index (κ1) is 81.2. The van der Waals surface area contributed by atoms with E-state index in [1.54, 1.807) is 28.4 Å². The topological polar surface area (TPSA) is 294 Å². The Kier molecular flexibility index (Phi) is 30.3. The maximum atomic E-state index is 10.8. The minimum Gasteiger partial charge on any atom is -1.00 e. The Balaban J connectivity index is 0.000000249. The Morgan fingerprint density at radius 3 is 0.856 bits per heavy atom. The number of aliphatic hydroxyl groups is 4. The van der Waals surface area contributed by atoms with E-state index < -0.39 is 18.3 Å². The number of ether oxygens (including phenoxy) is 13. The van der Waals surface area contributed by atoms with Crippen molar-refractivity contribution in [3.8, 4) is 0 Å². The second-order valence-corrected chi connectivity index (χ2v) is 28.2. The third kappa shape index (κ3) is 18.3. The van der Waals surface area contributed by atoms with Crippen LogP contribution in [0.1, 0.15) is 162 Å². The van der Waals surface area contributed by atoms with E-state index in [1.807, 2.05) is 0 Å². The molecule has 12 fully saturated rings. The second-order valence-electron chi connectivity index (χ2n) is 28.2. The fourth-order valence-electron chi connectivity index (χ4n) is 16.0. The van der Waals surface area contributed by atoms with Gasteiger partial charge in [0.1, 0.15) is 40.2 Å². The normalized spacial score (nSPS) is 45.0. The summed E-state index contributed by atoms with van der Waals surface area (Å²) in [5.74, 6) is 0.470. The van der Waals surface area contributed by atoms with Crippen LogP contribution in [-0.4, -0.2) is 213 Å². The van der Waals surface area contributed by atoms with E-state index in [-0.39, 0.29) is 234 Å². The maximum absolute atomic E-state index is 10.8. The number of carbonyl (C=O) groups is 2. The minimum absolute atomic E-state index is 0. The van der Waals surface area contributed by atoms with Crippen LogP contribution in [0.3, 0.4) is 0 Å². The smallest absolute Gasteiger partial charge is 1.00 e. The van der Waals surface area contributed by atoms with Gasteiger partial charge in [-0.3, -0.25) is 9.59 Å². The molecule has 0 aromatic heterocycles. The first-order chi connectivity index (χ1) is 41.7. The Morgan fingerprint density at radius 1 is 0.444 bits per heavy atom. The Labute approximate surface area is 622 Å². The zero-order chi connectivity index (χ0) is 65.0. The first-order valence-electron chi connectivity index (χ1n) is 31.9. The van der Waals surface area contributed by atoms with Gasteiger partial charge in [-0.25, -0.2) is 0 Å². The summed E-state index contributed by atoms with van der Waals surface area (Å²) in [6.45, 7) is 28.8. The number of epoxide rings is 8. The fraction of sp³-hybridized carbons (Fsp3) is 0.851. The van der Waals surface area contributed by atoms with Crippen LogP contribution < -0.4 is 108 Å². The van der Waals surface area contributed by atoms with Gasteiger partial charge >= 0.3 is 103 Å². The van der Waals surface area contributed by atoms with Crippen LogP contribution in [0.4, 0.5) is 0 Å². The molecule has 90 heavy (non-hydrogen) atoms. The van der Waals surface area contributed by atoms with Crippen molar-refractivity contribution in [3.63, 3.8) is 0 Å². The molecule has 506 valence electrons. The zero-order valence-corrected chi connectivity index (χ0v) is 64.0. The van der Waals surface area contributed by atoms with E-state index >= 15 is 0 Å². The van der Waals surface area contributed by atoms with Crippen molar-refractivity contribution < 1.29 is 206 Å². The van der Waals surface area contributed by atoms with Crippen molar-refractivity contribution in [2.75, 3.05) is 62.0 Å². The van der Waals surface area contributed by atoms with E-state index in [9.17, 15) is 20.1 Å². The Bertz CT molecular complexity index is 2250. The molecule has 4 N–H and O–H groups in total. The third-order valence-corrected chi connectivity index (χ3v) is 21.3. The molecule has 8 saturated heterocycles. The molecule has 0 radical (unpaired) electrons. The van der Waals surface area contributed by atoms with Crippen molar-refractivity contribution in [3.05, 3.63) is 46.6 Å². The largest absolute Gasteiger partial charge is 1.00 e. The molecule has 4 spiro atoms. The van der Waals surface area contributed by atoms with Gasteiger partial charge in [0.05, 0.1) is 128 Å². The van der Waals surface area contributed by atoms with Crippen LogP contribution in [-0.2, 0) is 76.1 Å². The van der Waals surface area contributed by atoms with E-state index in [0.29, 0.717) is 6.47 Å². The van der Waals surface area contributed by atoms with Crippen LogP contribution in [0.25, 0.3) is 0 Å². The second kappa shape index (κ2) is 33.6. The number of hydrogen-bond acceptors (Lipinski definition) is 21. The third-order valence-electron chi connectivity index (χ3n) is 21.3. The van der Waals surface area contributed by atoms with Crippen LogP contribution in [0.15, 0.2) is 46.6 Å². The number of aliphatic hydroxyl groups excluding tert-OH is 4. The summed E-state index contributed by atoms with van der Waals surface area (Å²) >= 11 is 0. The predicted octanol–water partition coefficient (Wildman–Crippen LogP) is 0.565. The molecule has 0 unspecified atom stereocenters. The summed E-state index contributed by atoms with van der Waals surface area (Å²) in [4.78, 5) is 22.0. The van der Waals surface area contributed by atoms with Gasteiger partial charge in [0, 0.05) is 35.5 Å². The van der Waals surface area contributed by atoms with Crippen molar-refractivity contribution in [2.24, 2.45) is 23.7 Å². The van der Waals surface area contributed by atoms with Gasteiger partial charge < -0.3 is 93.6 Å². The molecule has 8 heterocycles. The summed E-state index contributed by atoms with van der Waals surface area (Å²) in [5.41, 5.74) is 3.76. The van der Waals surface area contributed by atoms with E-state index in [2.05, 4.69) is 112 Å². The molecule has 0 aromatic rings. The number of methoxy groups -OCH3 is 4. The quantitative estimate of drug-likeness (QED) is 0.0343. The summed E-state index contributed by atoms with van der Waals surface area (Å²) < 4.78 is 75.2. The van der Waals surface area contributed by atoms with Gasteiger partial charge in [-0.2, -0.15) is 0 Å². The molecule has 21 nitrogen and oxygen atoms in total. The molecular weight excluding hydrogens is 1220 g/mol. The molecule has 4 aliphatic carbocycles. The average molecular weight is 1330 g/mol. The zero-order valence-electron chi connectivity index (χ0n) is 58.7. The van der Waals surface area contributed by atoms with Crippen molar-refractivity contribution in [1.82, 2.24) is 0 Å². The summed E-state index contributed by atoms with van der Waals surface area (Å²) in [5, 5.41) is 46.2. The van der Waals surface area contributed by atoms with Gasteiger partial charge in [-0.1, -0.05) is 46.6 Å². The number of carbonyl (C=O) groups excluding carboxylic acids is 2.